The smallest absolute Gasteiger partial charge is 0.0502 e. The number of aliphatic hydroxyl groups is 1. The molecule has 1 aromatic rings. The summed E-state index contributed by atoms with van der Waals surface area (Å²) in [5.41, 5.74) is 4.44. The molecule has 2 aliphatic carbocycles. The number of hydrogen-bond acceptors (Lipinski definition) is 1. The molecule has 1 nitrogen and oxygen atoms in total. The molecule has 0 aromatic heterocycles. The van der Waals surface area contributed by atoms with Crippen LogP contribution in [-0.4, -0.2) is 11.7 Å². The molecule has 0 aliphatic heterocycles. The van der Waals surface area contributed by atoms with Crippen LogP contribution in [0.25, 0.3) is 0 Å². The summed E-state index contributed by atoms with van der Waals surface area (Å²) in [6, 6.07) is 6.87. The van der Waals surface area contributed by atoms with Gasteiger partial charge in [-0.1, -0.05) is 18.2 Å². The molecular weight excluding hydrogens is 184 g/mol. The van der Waals surface area contributed by atoms with Crippen molar-refractivity contribution in [3.63, 3.8) is 0 Å². The molecule has 1 atom stereocenters. The second kappa shape index (κ2) is 3.64. The number of rotatable bonds is 3. The van der Waals surface area contributed by atoms with E-state index >= 15 is 0 Å². The molecule has 15 heavy (non-hydrogen) atoms. The van der Waals surface area contributed by atoms with Gasteiger partial charge in [0.25, 0.3) is 0 Å². The van der Waals surface area contributed by atoms with Gasteiger partial charge in [0.15, 0.2) is 0 Å². The zero-order valence-corrected chi connectivity index (χ0v) is 9.08. The van der Waals surface area contributed by atoms with E-state index in [1.165, 1.54) is 48.8 Å². The Kier molecular flexibility index (Phi) is 2.28. The third-order valence-electron chi connectivity index (χ3n) is 3.94. The van der Waals surface area contributed by atoms with Crippen LogP contribution in [0.5, 0.6) is 0 Å². The molecule has 1 saturated carbocycles. The lowest BCUT2D eigenvalue weighted by Gasteiger charge is -2.14. The van der Waals surface area contributed by atoms with Gasteiger partial charge in [-0.05, 0) is 54.7 Å². The van der Waals surface area contributed by atoms with E-state index in [9.17, 15) is 5.11 Å². The first-order valence-corrected chi connectivity index (χ1v) is 6.11. The van der Waals surface area contributed by atoms with Gasteiger partial charge in [0, 0.05) is 5.92 Å². The van der Waals surface area contributed by atoms with E-state index in [-0.39, 0.29) is 0 Å². The van der Waals surface area contributed by atoms with E-state index in [0.717, 1.165) is 5.92 Å². The molecule has 80 valence electrons. The SMILES string of the molecule is OCC(c1ccc2c(c1)CCC2)C1CC1. The predicted octanol–water partition coefficient (Wildman–Crippen LogP) is 2.66. The number of aliphatic hydroxyl groups excluding tert-OH is 1. The summed E-state index contributed by atoms with van der Waals surface area (Å²) in [5.74, 6) is 1.17. The number of aryl methyl sites for hydroxylation is 2. The van der Waals surface area contributed by atoms with Crippen LogP contribution in [0.4, 0.5) is 0 Å². The van der Waals surface area contributed by atoms with Crippen molar-refractivity contribution in [1.29, 1.82) is 0 Å². The highest BCUT2D eigenvalue weighted by molar-refractivity contribution is 5.37. The van der Waals surface area contributed by atoms with Crippen molar-refractivity contribution >= 4 is 0 Å². The summed E-state index contributed by atoms with van der Waals surface area (Å²) >= 11 is 0. The Morgan fingerprint density at radius 1 is 1.20 bits per heavy atom. The van der Waals surface area contributed by atoms with Crippen LogP contribution >= 0.6 is 0 Å². The van der Waals surface area contributed by atoms with Crippen molar-refractivity contribution in [3.8, 4) is 0 Å². The van der Waals surface area contributed by atoms with E-state index in [1.807, 2.05) is 0 Å². The second-order valence-corrected chi connectivity index (χ2v) is 5.01. The molecule has 1 fully saturated rings. The summed E-state index contributed by atoms with van der Waals surface area (Å²) < 4.78 is 0. The van der Waals surface area contributed by atoms with Crippen molar-refractivity contribution in [2.24, 2.45) is 5.92 Å². The fourth-order valence-corrected chi connectivity index (χ4v) is 2.85. The van der Waals surface area contributed by atoms with Crippen LogP contribution in [0.3, 0.4) is 0 Å². The molecule has 2 aliphatic rings. The minimum atomic E-state index is 0.323. The normalized spacial score (nSPS) is 21.4. The fraction of sp³-hybridized carbons (Fsp3) is 0.571. The summed E-state index contributed by atoms with van der Waals surface area (Å²) in [5, 5.41) is 9.44. The third-order valence-corrected chi connectivity index (χ3v) is 3.94. The second-order valence-electron chi connectivity index (χ2n) is 5.01. The summed E-state index contributed by atoms with van der Waals surface area (Å²) in [6.45, 7) is 0.323. The van der Waals surface area contributed by atoms with Gasteiger partial charge in [-0.25, -0.2) is 0 Å². The lowest BCUT2D eigenvalue weighted by Crippen LogP contribution is -2.06. The highest BCUT2D eigenvalue weighted by Crippen LogP contribution is 2.43. The van der Waals surface area contributed by atoms with Gasteiger partial charge in [0.1, 0.15) is 0 Å². The first-order valence-electron chi connectivity index (χ1n) is 6.11. The van der Waals surface area contributed by atoms with Gasteiger partial charge in [-0.2, -0.15) is 0 Å². The molecule has 0 spiro atoms. The average Bonchev–Trinajstić information content (AvgIpc) is 2.97. The maximum Gasteiger partial charge on any atom is 0.0502 e. The van der Waals surface area contributed by atoms with Gasteiger partial charge in [0.05, 0.1) is 6.61 Å². The molecular formula is C14H18O. The van der Waals surface area contributed by atoms with Gasteiger partial charge in [-0.3, -0.25) is 0 Å². The van der Waals surface area contributed by atoms with Crippen LogP contribution in [0, 0.1) is 5.92 Å². The maximum absolute atomic E-state index is 9.44. The molecule has 3 rings (SSSR count). The molecule has 0 heterocycles. The van der Waals surface area contributed by atoms with Crippen LogP contribution in [0.15, 0.2) is 18.2 Å². The minimum absolute atomic E-state index is 0.323. The Bertz CT molecular complexity index is 366. The van der Waals surface area contributed by atoms with Crippen LogP contribution < -0.4 is 0 Å². The number of fused-ring (bicyclic) bond motifs is 1. The van der Waals surface area contributed by atoms with E-state index in [1.54, 1.807) is 0 Å². The Balaban J connectivity index is 1.90. The third kappa shape index (κ3) is 1.69. The van der Waals surface area contributed by atoms with Gasteiger partial charge < -0.3 is 5.11 Å². The molecule has 0 radical (unpaired) electrons. The zero-order chi connectivity index (χ0) is 10.3. The topological polar surface area (TPSA) is 20.2 Å². The minimum Gasteiger partial charge on any atom is -0.396 e. The van der Waals surface area contributed by atoms with Crippen molar-refractivity contribution in [1.82, 2.24) is 0 Å². The lowest BCUT2D eigenvalue weighted by molar-refractivity contribution is 0.253. The maximum atomic E-state index is 9.44. The quantitative estimate of drug-likeness (QED) is 0.799. The Morgan fingerprint density at radius 3 is 2.73 bits per heavy atom. The predicted molar refractivity (Wildman–Crippen MR) is 61.0 cm³/mol. The first kappa shape index (κ1) is 9.41. The Labute approximate surface area is 91.1 Å². The van der Waals surface area contributed by atoms with Gasteiger partial charge >= 0.3 is 0 Å². The summed E-state index contributed by atoms with van der Waals surface area (Å²) in [7, 11) is 0. The van der Waals surface area contributed by atoms with E-state index < -0.39 is 0 Å². The van der Waals surface area contributed by atoms with Crippen molar-refractivity contribution in [2.45, 2.75) is 38.0 Å². The zero-order valence-electron chi connectivity index (χ0n) is 9.08. The van der Waals surface area contributed by atoms with Crippen LogP contribution in [-0.2, 0) is 12.8 Å². The van der Waals surface area contributed by atoms with Gasteiger partial charge in [-0.15, -0.1) is 0 Å². The van der Waals surface area contributed by atoms with E-state index in [0.29, 0.717) is 12.5 Å². The van der Waals surface area contributed by atoms with E-state index in [2.05, 4.69) is 18.2 Å². The van der Waals surface area contributed by atoms with E-state index in [4.69, 9.17) is 0 Å². The first-order chi connectivity index (χ1) is 7.38. The van der Waals surface area contributed by atoms with Crippen molar-refractivity contribution in [3.05, 3.63) is 34.9 Å². The highest BCUT2D eigenvalue weighted by Gasteiger charge is 2.32. The summed E-state index contributed by atoms with van der Waals surface area (Å²) in [4.78, 5) is 0. The lowest BCUT2D eigenvalue weighted by atomic mass is 9.92. The summed E-state index contributed by atoms with van der Waals surface area (Å²) in [6.07, 6.45) is 6.42. The van der Waals surface area contributed by atoms with Crippen molar-refractivity contribution in [2.75, 3.05) is 6.61 Å². The monoisotopic (exact) mass is 202 g/mol. The standard InChI is InChI=1S/C14H18O/c15-9-14(11-5-6-11)13-7-4-10-2-1-3-12(10)8-13/h4,7-8,11,14-15H,1-3,5-6,9H2. The molecule has 0 saturated heterocycles. The molecule has 1 aromatic carbocycles. The van der Waals surface area contributed by atoms with Crippen LogP contribution in [0.2, 0.25) is 0 Å². The van der Waals surface area contributed by atoms with Crippen molar-refractivity contribution < 1.29 is 5.11 Å². The Hall–Kier alpha value is -0.820. The highest BCUT2D eigenvalue weighted by atomic mass is 16.3. The molecule has 1 N–H and O–H groups in total. The number of benzene rings is 1. The Morgan fingerprint density at radius 2 is 2.00 bits per heavy atom. The number of hydrogen-bond donors (Lipinski definition) is 1. The van der Waals surface area contributed by atoms with Gasteiger partial charge in [0.2, 0.25) is 0 Å². The largest absolute Gasteiger partial charge is 0.396 e. The molecule has 1 heteroatoms. The molecule has 0 bridgehead atoms. The average molecular weight is 202 g/mol. The molecule has 0 amide bonds. The molecule has 1 unspecified atom stereocenters. The van der Waals surface area contributed by atoms with Crippen LogP contribution in [0.1, 0.15) is 41.9 Å². The fourth-order valence-electron chi connectivity index (χ4n) is 2.85.